The Balaban J connectivity index is 1.42. The van der Waals surface area contributed by atoms with Crippen molar-refractivity contribution in [1.29, 1.82) is 0 Å². The van der Waals surface area contributed by atoms with Gasteiger partial charge >= 0.3 is 0 Å². The van der Waals surface area contributed by atoms with Crippen molar-refractivity contribution in [3.8, 4) is 11.5 Å². The van der Waals surface area contributed by atoms with Gasteiger partial charge in [-0.15, -0.1) is 0 Å². The standard InChI is InChI=1S/C25H26N2O4S/c28-25(26-23-11-5-6-12-24(23)31-22-9-3-1-4-10-22)21-15-13-20(14-16-21)19-32(29,30)27-17-7-2-8-18-27/h1,3-6,9-16H,2,7-8,17-19H2,(H,26,28). The maximum absolute atomic E-state index is 12.8. The summed E-state index contributed by atoms with van der Waals surface area (Å²) in [7, 11) is -3.34. The molecule has 7 heteroatoms. The number of hydrogen-bond acceptors (Lipinski definition) is 4. The number of ether oxygens (including phenoxy) is 1. The molecule has 0 aliphatic carbocycles. The highest BCUT2D eigenvalue weighted by Gasteiger charge is 2.24. The van der Waals surface area contributed by atoms with Crippen LogP contribution in [0.4, 0.5) is 5.69 Å². The smallest absolute Gasteiger partial charge is 0.255 e. The Kier molecular flexibility index (Phi) is 6.87. The molecule has 1 heterocycles. The van der Waals surface area contributed by atoms with Gasteiger partial charge in [0.2, 0.25) is 10.0 Å². The Morgan fingerprint density at radius 2 is 1.50 bits per heavy atom. The summed E-state index contributed by atoms with van der Waals surface area (Å²) in [6.45, 7) is 1.18. The van der Waals surface area contributed by atoms with Gasteiger partial charge in [-0.1, -0.05) is 48.9 Å². The Bertz CT molecular complexity index is 1160. The van der Waals surface area contributed by atoms with Crippen molar-refractivity contribution in [2.45, 2.75) is 25.0 Å². The first-order valence-corrected chi connectivity index (χ1v) is 12.3. The zero-order valence-corrected chi connectivity index (χ0v) is 18.6. The summed E-state index contributed by atoms with van der Waals surface area (Å²) in [5.41, 5.74) is 1.66. The fraction of sp³-hybridized carbons (Fsp3) is 0.240. The summed E-state index contributed by atoms with van der Waals surface area (Å²) in [6.07, 6.45) is 2.90. The van der Waals surface area contributed by atoms with Crippen LogP contribution in [-0.2, 0) is 15.8 Å². The Morgan fingerprint density at radius 1 is 0.844 bits per heavy atom. The van der Waals surface area contributed by atoms with E-state index < -0.39 is 10.0 Å². The van der Waals surface area contributed by atoms with Crippen molar-refractivity contribution in [3.05, 3.63) is 90.0 Å². The Labute approximate surface area is 188 Å². The second kappa shape index (κ2) is 9.97. The average Bonchev–Trinajstić information content (AvgIpc) is 2.82. The Hall–Kier alpha value is -3.16. The topological polar surface area (TPSA) is 75.7 Å². The Morgan fingerprint density at radius 3 is 2.22 bits per heavy atom. The number of nitrogens with zero attached hydrogens (tertiary/aromatic N) is 1. The predicted octanol–water partition coefficient (Wildman–Crippen LogP) is 5.05. The van der Waals surface area contributed by atoms with Crippen LogP contribution in [0, 0.1) is 0 Å². The van der Waals surface area contributed by atoms with E-state index in [0.717, 1.165) is 19.3 Å². The van der Waals surface area contributed by atoms with Crippen LogP contribution in [-0.4, -0.2) is 31.7 Å². The third-order valence-electron chi connectivity index (χ3n) is 5.38. The molecule has 166 valence electrons. The molecular formula is C25H26N2O4S. The van der Waals surface area contributed by atoms with E-state index in [1.54, 1.807) is 40.7 Å². The summed E-state index contributed by atoms with van der Waals surface area (Å²) in [5, 5.41) is 2.88. The van der Waals surface area contributed by atoms with Crippen LogP contribution in [0.25, 0.3) is 0 Å². The van der Waals surface area contributed by atoms with Gasteiger partial charge < -0.3 is 10.1 Å². The van der Waals surface area contributed by atoms with E-state index in [1.165, 1.54) is 0 Å². The molecule has 1 fully saturated rings. The molecule has 0 atom stereocenters. The van der Waals surface area contributed by atoms with Crippen molar-refractivity contribution >= 4 is 21.6 Å². The van der Waals surface area contributed by atoms with E-state index in [-0.39, 0.29) is 11.7 Å². The molecule has 1 aliphatic rings. The van der Waals surface area contributed by atoms with Gasteiger partial charge in [0.25, 0.3) is 5.91 Å². The lowest BCUT2D eigenvalue weighted by Crippen LogP contribution is -2.36. The van der Waals surface area contributed by atoms with Crippen LogP contribution in [0.3, 0.4) is 0 Å². The first-order chi connectivity index (χ1) is 15.5. The molecule has 3 aromatic rings. The second-order valence-electron chi connectivity index (χ2n) is 7.78. The van der Waals surface area contributed by atoms with Crippen LogP contribution in [0.2, 0.25) is 0 Å². The zero-order chi connectivity index (χ0) is 22.4. The first kappa shape index (κ1) is 22.0. The summed E-state index contributed by atoms with van der Waals surface area (Å²) in [6, 6.07) is 23.3. The van der Waals surface area contributed by atoms with Crippen molar-refractivity contribution in [2.75, 3.05) is 18.4 Å². The molecule has 0 radical (unpaired) electrons. The van der Waals surface area contributed by atoms with Gasteiger partial charge in [-0.2, -0.15) is 0 Å². The monoisotopic (exact) mass is 450 g/mol. The molecule has 0 unspecified atom stereocenters. The maximum Gasteiger partial charge on any atom is 0.255 e. The number of nitrogens with one attached hydrogen (secondary N) is 1. The van der Waals surface area contributed by atoms with E-state index >= 15 is 0 Å². The lowest BCUT2D eigenvalue weighted by Gasteiger charge is -2.25. The minimum absolute atomic E-state index is 0.0529. The molecule has 0 spiro atoms. The minimum atomic E-state index is -3.34. The first-order valence-electron chi connectivity index (χ1n) is 10.7. The molecule has 3 aromatic carbocycles. The molecule has 1 N–H and O–H groups in total. The van der Waals surface area contributed by atoms with E-state index in [2.05, 4.69) is 5.32 Å². The number of para-hydroxylation sites is 3. The van der Waals surface area contributed by atoms with E-state index in [9.17, 15) is 13.2 Å². The largest absolute Gasteiger partial charge is 0.455 e. The lowest BCUT2D eigenvalue weighted by molar-refractivity contribution is 0.102. The van der Waals surface area contributed by atoms with Crippen LogP contribution < -0.4 is 10.1 Å². The van der Waals surface area contributed by atoms with Gasteiger partial charge in [0.1, 0.15) is 5.75 Å². The molecule has 0 saturated carbocycles. The van der Waals surface area contributed by atoms with Crippen LogP contribution in [0.15, 0.2) is 78.9 Å². The SMILES string of the molecule is O=C(Nc1ccccc1Oc1ccccc1)c1ccc(CS(=O)(=O)N2CCCCC2)cc1. The highest BCUT2D eigenvalue weighted by atomic mass is 32.2. The van der Waals surface area contributed by atoms with Gasteiger partial charge in [-0.25, -0.2) is 12.7 Å². The summed E-state index contributed by atoms with van der Waals surface area (Å²) in [4.78, 5) is 12.8. The molecule has 0 bridgehead atoms. The number of sulfonamides is 1. The van der Waals surface area contributed by atoms with Crippen molar-refractivity contribution in [3.63, 3.8) is 0 Å². The number of anilines is 1. The van der Waals surface area contributed by atoms with E-state index in [4.69, 9.17) is 4.74 Å². The fourth-order valence-corrected chi connectivity index (χ4v) is 5.28. The van der Waals surface area contributed by atoms with Gasteiger partial charge in [-0.05, 0) is 54.8 Å². The van der Waals surface area contributed by atoms with Gasteiger partial charge in [-0.3, -0.25) is 4.79 Å². The average molecular weight is 451 g/mol. The maximum atomic E-state index is 12.8. The highest BCUT2D eigenvalue weighted by Crippen LogP contribution is 2.29. The summed E-state index contributed by atoms with van der Waals surface area (Å²) < 4.78 is 32.7. The van der Waals surface area contributed by atoms with Gasteiger partial charge in [0, 0.05) is 18.7 Å². The predicted molar refractivity (Wildman–Crippen MR) is 125 cm³/mol. The number of rotatable bonds is 7. The summed E-state index contributed by atoms with van der Waals surface area (Å²) >= 11 is 0. The zero-order valence-electron chi connectivity index (χ0n) is 17.7. The van der Waals surface area contributed by atoms with E-state index in [0.29, 0.717) is 41.4 Å². The fourth-order valence-electron chi connectivity index (χ4n) is 3.67. The normalized spacial score (nSPS) is 14.6. The van der Waals surface area contributed by atoms with Gasteiger partial charge in [0.15, 0.2) is 5.75 Å². The third kappa shape index (κ3) is 5.55. The van der Waals surface area contributed by atoms with Crippen LogP contribution in [0.5, 0.6) is 11.5 Å². The quantitative estimate of drug-likeness (QED) is 0.547. The number of hydrogen-bond donors (Lipinski definition) is 1. The third-order valence-corrected chi connectivity index (χ3v) is 7.23. The van der Waals surface area contributed by atoms with Crippen molar-refractivity contribution in [1.82, 2.24) is 4.31 Å². The molecule has 1 amide bonds. The van der Waals surface area contributed by atoms with E-state index in [1.807, 2.05) is 42.5 Å². The number of amides is 1. The van der Waals surface area contributed by atoms with Gasteiger partial charge in [0.05, 0.1) is 11.4 Å². The van der Waals surface area contributed by atoms with Crippen molar-refractivity contribution < 1.29 is 17.9 Å². The highest BCUT2D eigenvalue weighted by molar-refractivity contribution is 7.88. The number of benzene rings is 3. The molecule has 4 rings (SSSR count). The molecule has 0 aromatic heterocycles. The molecule has 32 heavy (non-hydrogen) atoms. The molecule has 1 aliphatic heterocycles. The molecule has 1 saturated heterocycles. The molecule has 6 nitrogen and oxygen atoms in total. The van der Waals surface area contributed by atoms with Crippen molar-refractivity contribution in [2.24, 2.45) is 0 Å². The van der Waals surface area contributed by atoms with Crippen LogP contribution in [0.1, 0.15) is 35.2 Å². The number of piperidine rings is 1. The number of carbonyl (C=O) groups excluding carboxylic acids is 1. The summed E-state index contributed by atoms with van der Waals surface area (Å²) in [5.74, 6) is 0.868. The molecular weight excluding hydrogens is 424 g/mol. The number of carbonyl (C=O) groups is 1. The van der Waals surface area contributed by atoms with Crippen LogP contribution >= 0.6 is 0 Å². The second-order valence-corrected chi connectivity index (χ2v) is 9.75. The minimum Gasteiger partial charge on any atom is -0.455 e. The lowest BCUT2D eigenvalue weighted by atomic mass is 10.1.